The zero-order valence-corrected chi connectivity index (χ0v) is 9.27. The van der Waals surface area contributed by atoms with Gasteiger partial charge in [0.25, 0.3) is 0 Å². The Morgan fingerprint density at radius 2 is 2.08 bits per heavy atom. The molecule has 0 radical (unpaired) electrons. The van der Waals surface area contributed by atoms with E-state index in [0.29, 0.717) is 0 Å². The van der Waals surface area contributed by atoms with Crippen molar-refractivity contribution in [2.75, 3.05) is 0 Å². The largest absolute Gasteiger partial charge is 0.0841 e. The Bertz CT molecular complexity index is 311. The Labute approximate surface area is 82.4 Å². The van der Waals surface area contributed by atoms with Crippen molar-refractivity contribution in [2.45, 2.75) is 20.8 Å². The maximum Gasteiger partial charge on any atom is 0.0178 e. The minimum Gasteiger partial charge on any atom is -0.0841 e. The van der Waals surface area contributed by atoms with Crippen LogP contribution in [0.25, 0.3) is 5.57 Å². The summed E-state index contributed by atoms with van der Waals surface area (Å²) in [6, 6.07) is 6.37. The van der Waals surface area contributed by atoms with Crippen molar-refractivity contribution < 1.29 is 0 Å². The lowest BCUT2D eigenvalue weighted by molar-refractivity contribution is 1.39. The average Bonchev–Trinajstić information content (AvgIpc) is 2.03. The highest BCUT2D eigenvalue weighted by atomic mass is 79.9. The van der Waals surface area contributed by atoms with E-state index in [0.717, 1.165) is 4.47 Å². The molecule has 0 saturated heterocycles. The van der Waals surface area contributed by atoms with Crippen LogP contribution >= 0.6 is 15.9 Å². The molecule has 0 bridgehead atoms. The molecular weight excluding hydrogens is 212 g/mol. The van der Waals surface area contributed by atoms with Gasteiger partial charge < -0.3 is 0 Å². The van der Waals surface area contributed by atoms with Crippen molar-refractivity contribution in [2.24, 2.45) is 0 Å². The van der Waals surface area contributed by atoms with Gasteiger partial charge in [-0.05, 0) is 49.6 Å². The van der Waals surface area contributed by atoms with Crippen LogP contribution in [0.5, 0.6) is 0 Å². The van der Waals surface area contributed by atoms with Crippen molar-refractivity contribution in [3.8, 4) is 0 Å². The summed E-state index contributed by atoms with van der Waals surface area (Å²) >= 11 is 3.45. The third kappa shape index (κ3) is 1.98. The lowest BCUT2D eigenvalue weighted by Gasteiger charge is -2.05. The summed E-state index contributed by atoms with van der Waals surface area (Å²) in [6.45, 7) is 6.33. The lowest BCUT2D eigenvalue weighted by Crippen LogP contribution is -1.84. The monoisotopic (exact) mass is 224 g/mol. The molecule has 12 heavy (non-hydrogen) atoms. The number of aryl methyl sites for hydroxylation is 1. The third-order valence-electron chi connectivity index (χ3n) is 2.05. The molecule has 0 N–H and O–H groups in total. The highest BCUT2D eigenvalue weighted by molar-refractivity contribution is 9.10. The zero-order chi connectivity index (χ0) is 9.14. The zero-order valence-electron chi connectivity index (χ0n) is 7.69. The first-order valence-electron chi connectivity index (χ1n) is 4.04. The fourth-order valence-corrected chi connectivity index (χ4v) is 1.70. The van der Waals surface area contributed by atoms with Gasteiger partial charge in [-0.1, -0.05) is 28.1 Å². The number of halogens is 1. The Morgan fingerprint density at radius 3 is 2.58 bits per heavy atom. The van der Waals surface area contributed by atoms with Gasteiger partial charge in [-0.2, -0.15) is 0 Å². The molecule has 1 aromatic carbocycles. The molecule has 0 nitrogen and oxygen atoms in total. The summed E-state index contributed by atoms with van der Waals surface area (Å²) in [5, 5.41) is 0. The minimum atomic E-state index is 1.15. The van der Waals surface area contributed by atoms with Gasteiger partial charge in [-0.3, -0.25) is 0 Å². The number of hydrogen-bond donors (Lipinski definition) is 0. The van der Waals surface area contributed by atoms with E-state index >= 15 is 0 Å². The van der Waals surface area contributed by atoms with Crippen molar-refractivity contribution >= 4 is 21.5 Å². The maximum absolute atomic E-state index is 3.45. The molecular formula is C11H13Br. The summed E-state index contributed by atoms with van der Waals surface area (Å²) < 4.78 is 1.15. The molecule has 1 aromatic rings. The van der Waals surface area contributed by atoms with Gasteiger partial charge in [0.2, 0.25) is 0 Å². The number of rotatable bonds is 1. The van der Waals surface area contributed by atoms with Crippen LogP contribution in [0.3, 0.4) is 0 Å². The molecule has 64 valence electrons. The average molecular weight is 225 g/mol. The quantitative estimate of drug-likeness (QED) is 0.672. The molecule has 0 atom stereocenters. The van der Waals surface area contributed by atoms with Crippen LogP contribution in [0.2, 0.25) is 0 Å². The molecule has 0 spiro atoms. The van der Waals surface area contributed by atoms with E-state index in [9.17, 15) is 0 Å². The second-order valence-corrected chi connectivity index (χ2v) is 3.85. The molecule has 0 aromatic heterocycles. The standard InChI is InChI=1S/C11H13Br/c1-4-8(2)11-6-5-10(12)7-9(11)3/h4-7H,1-3H3/b8-4-. The van der Waals surface area contributed by atoms with Gasteiger partial charge in [-0.25, -0.2) is 0 Å². The SMILES string of the molecule is C/C=C(/C)c1ccc(Br)cc1C. The van der Waals surface area contributed by atoms with Crippen LogP contribution in [0.15, 0.2) is 28.7 Å². The molecule has 0 fully saturated rings. The lowest BCUT2D eigenvalue weighted by atomic mass is 10.0. The molecule has 1 heteroatoms. The van der Waals surface area contributed by atoms with E-state index in [1.807, 2.05) is 0 Å². The van der Waals surface area contributed by atoms with E-state index in [1.54, 1.807) is 0 Å². The van der Waals surface area contributed by atoms with Crippen molar-refractivity contribution in [3.05, 3.63) is 39.9 Å². The van der Waals surface area contributed by atoms with Crippen LogP contribution < -0.4 is 0 Å². The molecule has 0 heterocycles. The van der Waals surface area contributed by atoms with Crippen molar-refractivity contribution in [1.82, 2.24) is 0 Å². The van der Waals surface area contributed by atoms with E-state index in [4.69, 9.17) is 0 Å². The normalized spacial score (nSPS) is 11.8. The molecule has 0 aliphatic heterocycles. The molecule has 0 unspecified atom stereocenters. The molecule has 0 aliphatic rings. The summed E-state index contributed by atoms with van der Waals surface area (Å²) in [4.78, 5) is 0. The molecule has 1 rings (SSSR count). The Kier molecular flexibility index (Phi) is 3.10. The van der Waals surface area contributed by atoms with E-state index in [2.05, 4.69) is 61.0 Å². The second-order valence-electron chi connectivity index (χ2n) is 2.93. The second kappa shape index (κ2) is 3.90. The molecule has 0 amide bonds. The van der Waals surface area contributed by atoms with Gasteiger partial charge in [0.15, 0.2) is 0 Å². The molecule has 0 saturated carbocycles. The van der Waals surface area contributed by atoms with Gasteiger partial charge in [0.1, 0.15) is 0 Å². The van der Waals surface area contributed by atoms with Gasteiger partial charge in [0.05, 0.1) is 0 Å². The number of hydrogen-bond acceptors (Lipinski definition) is 0. The summed E-state index contributed by atoms with van der Waals surface area (Å²) in [7, 11) is 0. The summed E-state index contributed by atoms with van der Waals surface area (Å²) in [5.74, 6) is 0. The van der Waals surface area contributed by atoms with Crippen LogP contribution in [0.4, 0.5) is 0 Å². The molecule has 0 aliphatic carbocycles. The number of benzene rings is 1. The number of allylic oxidation sites excluding steroid dienone is 2. The van der Waals surface area contributed by atoms with Crippen LogP contribution in [0, 0.1) is 6.92 Å². The first kappa shape index (κ1) is 9.53. The first-order valence-corrected chi connectivity index (χ1v) is 4.84. The van der Waals surface area contributed by atoms with Crippen molar-refractivity contribution in [3.63, 3.8) is 0 Å². The third-order valence-corrected chi connectivity index (χ3v) is 2.54. The highest BCUT2D eigenvalue weighted by Gasteiger charge is 1.99. The first-order chi connectivity index (χ1) is 5.65. The predicted molar refractivity (Wildman–Crippen MR) is 58.2 cm³/mol. The summed E-state index contributed by atoms with van der Waals surface area (Å²) in [5.41, 5.74) is 3.99. The highest BCUT2D eigenvalue weighted by Crippen LogP contribution is 2.21. The Hall–Kier alpha value is -0.560. The van der Waals surface area contributed by atoms with Gasteiger partial charge in [0, 0.05) is 4.47 Å². The van der Waals surface area contributed by atoms with Gasteiger partial charge in [-0.15, -0.1) is 0 Å². The van der Waals surface area contributed by atoms with Crippen LogP contribution in [0.1, 0.15) is 25.0 Å². The van der Waals surface area contributed by atoms with Crippen LogP contribution in [-0.2, 0) is 0 Å². The van der Waals surface area contributed by atoms with E-state index in [-0.39, 0.29) is 0 Å². The minimum absolute atomic E-state index is 1.15. The van der Waals surface area contributed by atoms with E-state index < -0.39 is 0 Å². The predicted octanol–water partition coefficient (Wildman–Crippen LogP) is 4.18. The Balaban J connectivity index is 3.18. The topological polar surface area (TPSA) is 0 Å². The maximum atomic E-state index is 3.45. The fraction of sp³-hybridized carbons (Fsp3) is 0.273. The summed E-state index contributed by atoms with van der Waals surface area (Å²) in [6.07, 6.45) is 2.14. The van der Waals surface area contributed by atoms with Gasteiger partial charge >= 0.3 is 0 Å². The van der Waals surface area contributed by atoms with E-state index in [1.165, 1.54) is 16.7 Å². The van der Waals surface area contributed by atoms with Crippen LogP contribution in [-0.4, -0.2) is 0 Å². The Morgan fingerprint density at radius 1 is 1.42 bits per heavy atom. The fourth-order valence-electron chi connectivity index (χ4n) is 1.23. The van der Waals surface area contributed by atoms with Crippen molar-refractivity contribution in [1.29, 1.82) is 0 Å². The smallest absolute Gasteiger partial charge is 0.0178 e.